The number of likely N-dealkylation sites (tertiary alicyclic amines) is 1. The van der Waals surface area contributed by atoms with Crippen LogP contribution in [0.4, 0.5) is 5.69 Å². The van der Waals surface area contributed by atoms with Crippen molar-refractivity contribution < 1.29 is 5.11 Å². The Labute approximate surface area is 119 Å². The molecule has 1 saturated heterocycles. The van der Waals surface area contributed by atoms with Crippen molar-refractivity contribution >= 4 is 5.69 Å². The molecule has 3 nitrogen and oxygen atoms in total. The molecule has 0 aliphatic carbocycles. The molecule has 1 aliphatic rings. The van der Waals surface area contributed by atoms with Gasteiger partial charge in [-0.05, 0) is 42.6 Å². The molecule has 1 aliphatic heterocycles. The molecule has 0 spiro atoms. The first kappa shape index (κ1) is 13.0. The van der Waals surface area contributed by atoms with Crippen molar-refractivity contribution in [2.45, 2.75) is 18.9 Å². The van der Waals surface area contributed by atoms with Crippen molar-refractivity contribution in [3.8, 4) is 5.75 Å². The lowest BCUT2D eigenvalue weighted by Gasteiger charge is -2.17. The van der Waals surface area contributed by atoms with Gasteiger partial charge in [-0.25, -0.2) is 0 Å². The Morgan fingerprint density at radius 2 is 1.95 bits per heavy atom. The van der Waals surface area contributed by atoms with Crippen LogP contribution in [0.2, 0.25) is 0 Å². The summed E-state index contributed by atoms with van der Waals surface area (Å²) in [7, 11) is 0. The molecule has 3 rings (SSSR count). The summed E-state index contributed by atoms with van der Waals surface area (Å²) in [4.78, 5) is 2.38. The average molecular weight is 268 g/mol. The third kappa shape index (κ3) is 2.78. The molecule has 0 radical (unpaired) electrons. The second-order valence-electron chi connectivity index (χ2n) is 5.52. The highest BCUT2D eigenvalue weighted by molar-refractivity contribution is 5.47. The Hall–Kier alpha value is -2.00. The zero-order valence-electron chi connectivity index (χ0n) is 11.5. The maximum Gasteiger partial charge on any atom is 0.120 e. The third-order valence-corrected chi connectivity index (χ3v) is 4.04. The number of benzene rings is 2. The molecule has 0 saturated carbocycles. The van der Waals surface area contributed by atoms with Crippen LogP contribution < -0.4 is 5.73 Å². The number of nitrogen functional groups attached to an aromatic ring is 1. The minimum Gasteiger partial charge on any atom is -0.508 e. The number of hydrogen-bond donors (Lipinski definition) is 2. The number of nitrogens with zero attached hydrogens (tertiary/aromatic N) is 1. The van der Waals surface area contributed by atoms with Crippen LogP contribution in [0.1, 0.15) is 23.5 Å². The number of rotatable bonds is 3. The Kier molecular flexibility index (Phi) is 3.61. The van der Waals surface area contributed by atoms with Crippen LogP contribution in [-0.2, 0) is 6.54 Å². The standard InChI is InChI=1S/C17H20N2O/c18-16-6-7-17(20)15(10-16)12-19-9-8-14(11-19)13-4-2-1-3-5-13/h1-7,10,14,20H,8-9,11-12,18H2. The molecule has 3 N–H and O–H groups in total. The molecule has 3 heteroatoms. The smallest absolute Gasteiger partial charge is 0.120 e. The van der Waals surface area contributed by atoms with Gasteiger partial charge in [-0.1, -0.05) is 30.3 Å². The van der Waals surface area contributed by atoms with Crippen molar-refractivity contribution in [3.63, 3.8) is 0 Å². The van der Waals surface area contributed by atoms with Crippen molar-refractivity contribution in [1.29, 1.82) is 0 Å². The molecule has 1 atom stereocenters. The van der Waals surface area contributed by atoms with E-state index in [9.17, 15) is 5.11 Å². The molecule has 0 aromatic heterocycles. The Bertz CT molecular complexity index is 583. The lowest BCUT2D eigenvalue weighted by Crippen LogP contribution is -2.19. The maximum absolute atomic E-state index is 9.90. The highest BCUT2D eigenvalue weighted by Crippen LogP contribution is 2.29. The maximum atomic E-state index is 9.90. The van der Waals surface area contributed by atoms with Gasteiger partial charge in [0.15, 0.2) is 0 Å². The lowest BCUT2D eigenvalue weighted by atomic mass is 9.99. The molecule has 1 heterocycles. The van der Waals surface area contributed by atoms with E-state index in [-0.39, 0.29) is 0 Å². The zero-order chi connectivity index (χ0) is 13.9. The van der Waals surface area contributed by atoms with Gasteiger partial charge in [-0.15, -0.1) is 0 Å². The second kappa shape index (κ2) is 5.55. The number of phenols is 1. The van der Waals surface area contributed by atoms with Gasteiger partial charge in [0.25, 0.3) is 0 Å². The number of anilines is 1. The average Bonchev–Trinajstić information content (AvgIpc) is 2.92. The van der Waals surface area contributed by atoms with E-state index in [2.05, 4.69) is 35.2 Å². The summed E-state index contributed by atoms with van der Waals surface area (Å²) in [6, 6.07) is 15.9. The topological polar surface area (TPSA) is 49.5 Å². The summed E-state index contributed by atoms with van der Waals surface area (Å²) in [6.07, 6.45) is 1.17. The van der Waals surface area contributed by atoms with E-state index in [4.69, 9.17) is 5.73 Å². The molecule has 0 bridgehead atoms. The van der Waals surface area contributed by atoms with Crippen LogP contribution in [0.15, 0.2) is 48.5 Å². The van der Waals surface area contributed by atoms with Crippen LogP contribution in [0.5, 0.6) is 5.75 Å². The summed E-state index contributed by atoms with van der Waals surface area (Å²) in [5.41, 5.74) is 8.82. The van der Waals surface area contributed by atoms with Gasteiger partial charge in [0.2, 0.25) is 0 Å². The molecule has 1 unspecified atom stereocenters. The molecule has 1 fully saturated rings. The summed E-state index contributed by atoms with van der Waals surface area (Å²) in [5.74, 6) is 0.932. The summed E-state index contributed by atoms with van der Waals surface area (Å²) >= 11 is 0. The van der Waals surface area contributed by atoms with E-state index >= 15 is 0 Å². The van der Waals surface area contributed by atoms with Crippen molar-refractivity contribution in [3.05, 3.63) is 59.7 Å². The SMILES string of the molecule is Nc1ccc(O)c(CN2CCC(c3ccccc3)C2)c1. The predicted octanol–water partition coefficient (Wildman–Crippen LogP) is 2.96. The largest absolute Gasteiger partial charge is 0.508 e. The molecule has 2 aromatic carbocycles. The fourth-order valence-corrected chi connectivity index (χ4v) is 2.95. The van der Waals surface area contributed by atoms with Gasteiger partial charge in [-0.2, -0.15) is 0 Å². The van der Waals surface area contributed by atoms with E-state index in [1.807, 2.05) is 6.07 Å². The van der Waals surface area contributed by atoms with E-state index in [1.54, 1.807) is 12.1 Å². The predicted molar refractivity (Wildman–Crippen MR) is 81.6 cm³/mol. The van der Waals surface area contributed by atoms with Crippen LogP contribution in [0, 0.1) is 0 Å². The number of phenolic OH excluding ortho intramolecular Hbond substituents is 1. The fourth-order valence-electron chi connectivity index (χ4n) is 2.95. The first-order valence-electron chi connectivity index (χ1n) is 7.07. The first-order valence-corrected chi connectivity index (χ1v) is 7.07. The molecular weight excluding hydrogens is 248 g/mol. The van der Waals surface area contributed by atoms with E-state index < -0.39 is 0 Å². The van der Waals surface area contributed by atoms with Crippen LogP contribution in [-0.4, -0.2) is 23.1 Å². The van der Waals surface area contributed by atoms with E-state index in [0.29, 0.717) is 17.4 Å². The number of aromatic hydroxyl groups is 1. The van der Waals surface area contributed by atoms with Gasteiger partial charge >= 0.3 is 0 Å². The van der Waals surface area contributed by atoms with Crippen LogP contribution >= 0.6 is 0 Å². The number of hydrogen-bond acceptors (Lipinski definition) is 3. The zero-order valence-corrected chi connectivity index (χ0v) is 11.5. The normalized spacial score (nSPS) is 19.3. The minimum absolute atomic E-state index is 0.336. The van der Waals surface area contributed by atoms with Crippen molar-refractivity contribution in [2.24, 2.45) is 0 Å². The summed E-state index contributed by atoms with van der Waals surface area (Å²) in [5, 5.41) is 9.90. The monoisotopic (exact) mass is 268 g/mol. The Balaban J connectivity index is 1.67. The summed E-state index contributed by atoms with van der Waals surface area (Å²) < 4.78 is 0. The highest BCUT2D eigenvalue weighted by atomic mass is 16.3. The van der Waals surface area contributed by atoms with Crippen molar-refractivity contribution in [2.75, 3.05) is 18.8 Å². The van der Waals surface area contributed by atoms with E-state index in [0.717, 1.165) is 25.2 Å². The third-order valence-electron chi connectivity index (χ3n) is 4.04. The van der Waals surface area contributed by atoms with Gasteiger partial charge < -0.3 is 10.8 Å². The van der Waals surface area contributed by atoms with Crippen LogP contribution in [0.3, 0.4) is 0 Å². The minimum atomic E-state index is 0.336. The molecule has 0 amide bonds. The van der Waals surface area contributed by atoms with Crippen molar-refractivity contribution in [1.82, 2.24) is 4.90 Å². The second-order valence-corrected chi connectivity index (χ2v) is 5.52. The first-order chi connectivity index (χ1) is 9.72. The van der Waals surface area contributed by atoms with Gasteiger partial charge in [0, 0.05) is 24.3 Å². The summed E-state index contributed by atoms with van der Waals surface area (Å²) in [6.45, 7) is 2.87. The molecule has 20 heavy (non-hydrogen) atoms. The molecule has 2 aromatic rings. The Morgan fingerprint density at radius 3 is 2.75 bits per heavy atom. The van der Waals surface area contributed by atoms with Crippen LogP contribution in [0.25, 0.3) is 0 Å². The Morgan fingerprint density at radius 1 is 1.15 bits per heavy atom. The van der Waals surface area contributed by atoms with Gasteiger partial charge in [0.05, 0.1) is 0 Å². The quantitative estimate of drug-likeness (QED) is 0.664. The fraction of sp³-hybridized carbons (Fsp3) is 0.294. The number of nitrogens with two attached hydrogens (primary N) is 1. The van der Waals surface area contributed by atoms with Gasteiger partial charge in [0.1, 0.15) is 5.75 Å². The van der Waals surface area contributed by atoms with E-state index in [1.165, 1.54) is 12.0 Å². The lowest BCUT2D eigenvalue weighted by molar-refractivity contribution is 0.320. The van der Waals surface area contributed by atoms with Gasteiger partial charge in [-0.3, -0.25) is 4.90 Å². The molecule has 104 valence electrons. The highest BCUT2D eigenvalue weighted by Gasteiger charge is 2.24. The molecular formula is C17H20N2O.